The molecule has 11 heteroatoms. The summed E-state index contributed by atoms with van der Waals surface area (Å²) in [4.78, 5) is 27.3. The normalized spacial score (nSPS) is 35.9. The highest BCUT2D eigenvalue weighted by molar-refractivity contribution is 5.70. The van der Waals surface area contributed by atoms with Gasteiger partial charge in [-0.3, -0.25) is 4.79 Å². The minimum atomic E-state index is -1.48. The van der Waals surface area contributed by atoms with Gasteiger partial charge < -0.3 is 44.9 Å². The molecule has 11 nitrogen and oxygen atoms in total. The summed E-state index contributed by atoms with van der Waals surface area (Å²) in [6.45, 7) is 13.1. The minimum absolute atomic E-state index is 0.00958. The molecule has 0 radical (unpaired) electrons. The zero-order chi connectivity index (χ0) is 32.7. The quantitative estimate of drug-likeness (QED) is 0.112. The van der Waals surface area contributed by atoms with Crippen LogP contribution in [0, 0.1) is 11.8 Å². The molecule has 3 rings (SSSR count). The molecule has 10 unspecified atom stereocenters. The van der Waals surface area contributed by atoms with Gasteiger partial charge in [-0.15, -0.1) is 0 Å². The van der Waals surface area contributed by atoms with Crippen molar-refractivity contribution >= 4 is 12.1 Å². The van der Waals surface area contributed by atoms with E-state index in [1.807, 2.05) is 27.7 Å². The molecule has 2 saturated heterocycles. The van der Waals surface area contributed by atoms with Crippen LogP contribution in [-0.2, 0) is 19.0 Å². The minimum Gasteiger partial charge on any atom is -0.457 e. The molecule has 2 fully saturated rings. The van der Waals surface area contributed by atoms with Gasteiger partial charge >= 0.3 is 12.1 Å². The van der Waals surface area contributed by atoms with Gasteiger partial charge in [0.2, 0.25) is 0 Å². The molecule has 10 atom stereocenters. The maximum absolute atomic E-state index is 12.9. The number of cyclic esters (lactones) is 1. The molecule has 3 aliphatic rings. The molecule has 0 bridgehead atoms. The van der Waals surface area contributed by atoms with Crippen LogP contribution in [0.2, 0.25) is 0 Å². The number of aliphatic hydroxyl groups is 4. The second-order valence-corrected chi connectivity index (χ2v) is 13.3. The van der Waals surface area contributed by atoms with Crippen LogP contribution in [0.5, 0.6) is 0 Å². The summed E-state index contributed by atoms with van der Waals surface area (Å²) in [5.74, 6) is -0.942. The number of carbonyl (C=O) groups excluding carboxylic acids is 2. The van der Waals surface area contributed by atoms with E-state index in [-0.39, 0.29) is 43.3 Å². The average molecular weight is 623 g/mol. The van der Waals surface area contributed by atoms with Crippen LogP contribution in [0.4, 0.5) is 4.79 Å². The number of carbonyl (C=O) groups is 2. The van der Waals surface area contributed by atoms with Crippen molar-refractivity contribution in [3.8, 4) is 0 Å². The standard InChI is InChI=1S/C33H54N2O9/c1-7-25(37)23(4)30-26(42-30)20-32(5,40)13-8-9-21(2)29-22(3)10-11-27(43-31(39)35-17-15-34-16-18-35)33(6,41)14-12-24(36)19-28(38)44-29/h8-11,13,22-27,29-30,34,36-37,40-41H,7,12,14-20H2,1-6H3/b11-10-,13-8+,21-9+. The first-order chi connectivity index (χ1) is 20.6. The molecular weight excluding hydrogens is 568 g/mol. The highest BCUT2D eigenvalue weighted by Gasteiger charge is 2.47. The third-order valence-corrected chi connectivity index (χ3v) is 8.97. The second-order valence-electron chi connectivity index (χ2n) is 13.3. The molecule has 3 heterocycles. The number of ether oxygens (including phenoxy) is 3. The van der Waals surface area contributed by atoms with Crippen LogP contribution in [0.25, 0.3) is 0 Å². The van der Waals surface area contributed by atoms with Gasteiger partial charge in [-0.2, -0.15) is 0 Å². The predicted octanol–water partition coefficient (Wildman–Crippen LogP) is 2.61. The van der Waals surface area contributed by atoms with Gasteiger partial charge in [0.1, 0.15) is 11.7 Å². The maximum Gasteiger partial charge on any atom is 0.410 e. The van der Waals surface area contributed by atoms with E-state index in [0.717, 1.165) is 0 Å². The number of nitrogens with one attached hydrogen (secondary N) is 1. The van der Waals surface area contributed by atoms with E-state index in [0.29, 0.717) is 44.6 Å². The molecule has 0 aromatic carbocycles. The molecule has 1 amide bonds. The lowest BCUT2D eigenvalue weighted by atomic mass is 9.88. The van der Waals surface area contributed by atoms with Crippen molar-refractivity contribution in [1.82, 2.24) is 10.2 Å². The number of nitrogens with zero attached hydrogens (tertiary/aromatic N) is 1. The van der Waals surface area contributed by atoms with Crippen molar-refractivity contribution in [1.29, 1.82) is 0 Å². The third-order valence-electron chi connectivity index (χ3n) is 8.97. The Labute approximate surface area is 261 Å². The van der Waals surface area contributed by atoms with E-state index in [4.69, 9.17) is 14.2 Å². The summed E-state index contributed by atoms with van der Waals surface area (Å²) in [6, 6.07) is 0. The summed E-state index contributed by atoms with van der Waals surface area (Å²) in [5.41, 5.74) is -1.93. The first-order valence-electron chi connectivity index (χ1n) is 16.0. The maximum atomic E-state index is 12.9. The lowest BCUT2D eigenvalue weighted by Crippen LogP contribution is -2.50. The fourth-order valence-electron chi connectivity index (χ4n) is 5.83. The molecular formula is C33H54N2O9. The van der Waals surface area contributed by atoms with Gasteiger partial charge in [-0.05, 0) is 51.7 Å². The molecule has 0 aromatic rings. The molecule has 0 saturated carbocycles. The Bertz CT molecular complexity index is 1050. The molecule has 44 heavy (non-hydrogen) atoms. The Balaban J connectivity index is 1.74. The fraction of sp³-hybridized carbons (Fsp3) is 0.758. The number of epoxide rings is 1. The molecule has 0 aliphatic carbocycles. The zero-order valence-corrected chi connectivity index (χ0v) is 27.1. The number of hydrogen-bond donors (Lipinski definition) is 5. The number of piperazine rings is 1. The Kier molecular flexibility index (Phi) is 13.0. The highest BCUT2D eigenvalue weighted by atomic mass is 16.6. The molecule has 5 N–H and O–H groups in total. The molecule has 3 aliphatic heterocycles. The Morgan fingerprint density at radius 1 is 1.32 bits per heavy atom. The highest BCUT2D eigenvalue weighted by Crippen LogP contribution is 2.37. The number of aliphatic hydroxyl groups excluding tert-OH is 2. The number of rotatable bonds is 9. The van der Waals surface area contributed by atoms with Crippen molar-refractivity contribution in [2.75, 3.05) is 26.2 Å². The first-order valence-corrected chi connectivity index (χ1v) is 16.0. The summed E-state index contributed by atoms with van der Waals surface area (Å²) >= 11 is 0. The van der Waals surface area contributed by atoms with Crippen molar-refractivity contribution in [3.05, 3.63) is 36.0 Å². The predicted molar refractivity (Wildman–Crippen MR) is 166 cm³/mol. The number of allylic oxidation sites excluding steroid dienone is 2. The van der Waals surface area contributed by atoms with Crippen molar-refractivity contribution in [3.63, 3.8) is 0 Å². The summed E-state index contributed by atoms with van der Waals surface area (Å²) < 4.78 is 17.3. The van der Waals surface area contributed by atoms with Crippen LogP contribution in [0.1, 0.15) is 73.6 Å². The largest absolute Gasteiger partial charge is 0.457 e. The topological polar surface area (TPSA) is 161 Å². The van der Waals surface area contributed by atoms with Crippen LogP contribution in [0.3, 0.4) is 0 Å². The van der Waals surface area contributed by atoms with E-state index in [2.05, 4.69) is 5.32 Å². The Morgan fingerprint density at radius 2 is 2.00 bits per heavy atom. The van der Waals surface area contributed by atoms with Gasteiger partial charge in [0, 0.05) is 44.4 Å². The van der Waals surface area contributed by atoms with Crippen LogP contribution in [0.15, 0.2) is 36.0 Å². The van der Waals surface area contributed by atoms with Crippen molar-refractivity contribution in [2.45, 2.75) is 121 Å². The monoisotopic (exact) mass is 622 g/mol. The van der Waals surface area contributed by atoms with Gasteiger partial charge in [0.15, 0.2) is 6.10 Å². The van der Waals surface area contributed by atoms with Crippen LogP contribution in [-0.4, -0.2) is 111 Å². The fourth-order valence-corrected chi connectivity index (χ4v) is 5.83. The Morgan fingerprint density at radius 3 is 2.66 bits per heavy atom. The van der Waals surface area contributed by atoms with Gasteiger partial charge in [-0.25, -0.2) is 4.79 Å². The first kappa shape index (κ1) is 36.2. The SMILES string of the molecule is CCC(O)C(C)C1OC1CC(C)(O)/C=C/C=C(\C)C1OC(=O)CC(O)CCC(C)(O)C(OC(=O)N2CCNCC2)/C=C\C1C. The summed E-state index contributed by atoms with van der Waals surface area (Å²) in [7, 11) is 0. The van der Waals surface area contributed by atoms with E-state index >= 15 is 0 Å². The average Bonchev–Trinajstić information content (AvgIpc) is 3.73. The van der Waals surface area contributed by atoms with Gasteiger partial charge in [0.05, 0.1) is 36.4 Å². The van der Waals surface area contributed by atoms with E-state index < -0.39 is 47.7 Å². The van der Waals surface area contributed by atoms with E-state index in [9.17, 15) is 30.0 Å². The lowest BCUT2D eigenvalue weighted by molar-refractivity contribution is -0.151. The van der Waals surface area contributed by atoms with Crippen LogP contribution < -0.4 is 5.32 Å². The summed E-state index contributed by atoms with van der Waals surface area (Å²) in [6.07, 6.45) is 5.68. The zero-order valence-electron chi connectivity index (χ0n) is 27.1. The van der Waals surface area contributed by atoms with E-state index in [1.54, 1.807) is 49.1 Å². The smallest absolute Gasteiger partial charge is 0.410 e. The number of hydrogen-bond acceptors (Lipinski definition) is 10. The lowest BCUT2D eigenvalue weighted by Gasteiger charge is -2.35. The molecule has 0 aromatic heterocycles. The van der Waals surface area contributed by atoms with Crippen LogP contribution >= 0.6 is 0 Å². The third kappa shape index (κ3) is 10.7. The second kappa shape index (κ2) is 15.8. The van der Waals surface area contributed by atoms with Gasteiger partial charge in [-0.1, -0.05) is 45.1 Å². The van der Waals surface area contributed by atoms with Crippen molar-refractivity contribution in [2.24, 2.45) is 11.8 Å². The molecule has 0 spiro atoms. The van der Waals surface area contributed by atoms with E-state index in [1.165, 1.54) is 0 Å². The van der Waals surface area contributed by atoms with Gasteiger partial charge in [0.25, 0.3) is 0 Å². The molecule has 250 valence electrons. The van der Waals surface area contributed by atoms with Crippen molar-refractivity contribution < 1.29 is 44.2 Å². The number of amides is 1. The number of esters is 1. The summed E-state index contributed by atoms with van der Waals surface area (Å²) in [5, 5.41) is 46.1. The Hall–Kier alpha value is -2.28.